The lowest BCUT2D eigenvalue weighted by Crippen LogP contribution is -2.02. The summed E-state index contributed by atoms with van der Waals surface area (Å²) in [5, 5.41) is 17.6. The number of hydrogen-bond acceptors (Lipinski definition) is 6. The Labute approximate surface area is 114 Å². The van der Waals surface area contributed by atoms with Crippen LogP contribution in [0.15, 0.2) is 18.5 Å². The van der Waals surface area contributed by atoms with Crippen LogP contribution in [0.4, 0.5) is 5.13 Å². The molecule has 0 radical (unpaired) electrons. The van der Waals surface area contributed by atoms with Crippen molar-refractivity contribution < 1.29 is 0 Å². The van der Waals surface area contributed by atoms with Gasteiger partial charge >= 0.3 is 0 Å². The van der Waals surface area contributed by atoms with E-state index in [9.17, 15) is 0 Å². The molecule has 0 aliphatic heterocycles. The zero-order valence-corrected chi connectivity index (χ0v) is 11.6. The summed E-state index contributed by atoms with van der Waals surface area (Å²) in [5.41, 5.74) is 2.89. The molecule has 0 amide bonds. The van der Waals surface area contributed by atoms with Crippen LogP contribution in [0.2, 0.25) is 0 Å². The average Bonchev–Trinajstić information content (AvgIpc) is 3.00. The molecule has 0 spiro atoms. The topological polar surface area (TPSA) is 68.0 Å². The minimum Gasteiger partial charge on any atom is -0.356 e. The molecule has 0 unspecified atom stereocenters. The minimum atomic E-state index is 0.667. The molecule has 3 aromatic rings. The third-order valence-electron chi connectivity index (χ3n) is 2.70. The first-order chi connectivity index (χ1) is 9.24. The molecule has 3 aromatic heterocycles. The molecular formula is C12H14N6S. The van der Waals surface area contributed by atoms with E-state index in [0.717, 1.165) is 33.5 Å². The number of rotatable bonds is 4. The van der Waals surface area contributed by atoms with Gasteiger partial charge in [-0.15, -0.1) is 10.2 Å². The van der Waals surface area contributed by atoms with Gasteiger partial charge in [0, 0.05) is 30.6 Å². The van der Waals surface area contributed by atoms with Crippen molar-refractivity contribution in [1.29, 1.82) is 0 Å². The largest absolute Gasteiger partial charge is 0.356 e. The van der Waals surface area contributed by atoms with Gasteiger partial charge in [-0.3, -0.25) is 0 Å². The van der Waals surface area contributed by atoms with E-state index < -0.39 is 0 Å². The summed E-state index contributed by atoms with van der Waals surface area (Å²) in [6.07, 6.45) is 4.74. The van der Waals surface area contributed by atoms with E-state index in [1.54, 1.807) is 15.9 Å². The maximum atomic E-state index is 4.36. The molecule has 0 aliphatic rings. The number of fused-ring (bicyclic) bond motifs is 1. The molecule has 0 aromatic carbocycles. The Kier molecular flexibility index (Phi) is 3.12. The van der Waals surface area contributed by atoms with Crippen LogP contribution >= 0.6 is 11.3 Å². The Morgan fingerprint density at radius 1 is 1.37 bits per heavy atom. The van der Waals surface area contributed by atoms with Gasteiger partial charge in [-0.2, -0.15) is 5.10 Å². The first-order valence-corrected chi connectivity index (χ1v) is 6.93. The number of anilines is 1. The van der Waals surface area contributed by atoms with Gasteiger partial charge in [0.1, 0.15) is 5.01 Å². The van der Waals surface area contributed by atoms with Crippen LogP contribution in [0.3, 0.4) is 0 Å². The van der Waals surface area contributed by atoms with Crippen molar-refractivity contribution in [2.75, 3.05) is 5.32 Å². The maximum Gasteiger partial charge on any atom is 0.205 e. The van der Waals surface area contributed by atoms with Gasteiger partial charge in [-0.25, -0.2) is 9.50 Å². The van der Waals surface area contributed by atoms with E-state index in [4.69, 9.17) is 0 Å². The monoisotopic (exact) mass is 274 g/mol. The number of nitrogens with one attached hydrogen (secondary N) is 1. The summed E-state index contributed by atoms with van der Waals surface area (Å²) >= 11 is 1.58. The first kappa shape index (κ1) is 12.0. The maximum absolute atomic E-state index is 4.36. The van der Waals surface area contributed by atoms with Crippen LogP contribution in [-0.4, -0.2) is 24.8 Å². The van der Waals surface area contributed by atoms with Gasteiger partial charge in [0.2, 0.25) is 5.13 Å². The van der Waals surface area contributed by atoms with Crippen molar-refractivity contribution in [2.24, 2.45) is 0 Å². The van der Waals surface area contributed by atoms with Gasteiger partial charge in [-0.05, 0) is 13.3 Å². The second-order valence-electron chi connectivity index (χ2n) is 4.26. The molecule has 3 rings (SSSR count). The fourth-order valence-electron chi connectivity index (χ4n) is 1.77. The number of aromatic nitrogens is 5. The molecular weight excluding hydrogens is 260 g/mol. The summed E-state index contributed by atoms with van der Waals surface area (Å²) in [5.74, 6) is 0. The highest BCUT2D eigenvalue weighted by molar-refractivity contribution is 7.15. The Balaban J connectivity index is 1.73. The molecule has 0 saturated carbocycles. The van der Waals surface area contributed by atoms with Crippen molar-refractivity contribution in [3.8, 4) is 0 Å². The molecule has 6 nitrogen and oxygen atoms in total. The number of aryl methyl sites for hydroxylation is 2. The molecule has 0 atom stereocenters. The smallest absolute Gasteiger partial charge is 0.205 e. The highest BCUT2D eigenvalue weighted by Crippen LogP contribution is 2.16. The second-order valence-corrected chi connectivity index (χ2v) is 5.32. The lowest BCUT2D eigenvalue weighted by molar-refractivity contribution is 0.893. The molecule has 1 N–H and O–H groups in total. The van der Waals surface area contributed by atoms with Crippen LogP contribution < -0.4 is 5.32 Å². The van der Waals surface area contributed by atoms with E-state index in [-0.39, 0.29) is 0 Å². The van der Waals surface area contributed by atoms with Crippen LogP contribution in [-0.2, 0) is 13.0 Å². The lowest BCUT2D eigenvalue weighted by atomic mass is 10.3. The van der Waals surface area contributed by atoms with Gasteiger partial charge < -0.3 is 5.32 Å². The predicted octanol–water partition coefficient (Wildman–Crippen LogP) is 2.06. The van der Waals surface area contributed by atoms with E-state index >= 15 is 0 Å². The Bertz CT molecular complexity index is 701. The Morgan fingerprint density at radius 3 is 3.05 bits per heavy atom. The predicted molar refractivity (Wildman–Crippen MR) is 74.3 cm³/mol. The van der Waals surface area contributed by atoms with E-state index in [2.05, 4.69) is 32.5 Å². The molecule has 98 valence electrons. The highest BCUT2D eigenvalue weighted by Gasteiger charge is 2.04. The number of nitrogens with zero attached hydrogens (tertiary/aromatic N) is 5. The SMILES string of the molecule is CCc1nnc(NCc2cnc3cc(C)nn3c2)s1. The third-order valence-corrected chi connectivity index (χ3v) is 3.73. The summed E-state index contributed by atoms with van der Waals surface area (Å²) in [6.45, 7) is 4.70. The van der Waals surface area contributed by atoms with E-state index in [1.165, 1.54) is 0 Å². The van der Waals surface area contributed by atoms with Gasteiger partial charge in [0.05, 0.1) is 5.69 Å². The molecule has 19 heavy (non-hydrogen) atoms. The summed E-state index contributed by atoms with van der Waals surface area (Å²) in [4.78, 5) is 4.36. The van der Waals surface area contributed by atoms with Gasteiger partial charge in [0.25, 0.3) is 0 Å². The zero-order chi connectivity index (χ0) is 13.2. The average molecular weight is 274 g/mol. The van der Waals surface area contributed by atoms with E-state index in [1.807, 2.05) is 25.4 Å². The van der Waals surface area contributed by atoms with Crippen molar-refractivity contribution in [2.45, 2.75) is 26.8 Å². The third kappa shape index (κ3) is 2.55. The zero-order valence-electron chi connectivity index (χ0n) is 10.8. The van der Waals surface area contributed by atoms with Crippen LogP contribution in [0.5, 0.6) is 0 Å². The standard InChI is InChI=1S/C12H14N6S/c1-3-11-15-16-12(19-11)14-6-9-5-13-10-4-8(2)17-18(10)7-9/h4-5,7H,3,6H2,1-2H3,(H,14,16). The molecule has 0 fully saturated rings. The van der Waals surface area contributed by atoms with Crippen molar-refractivity contribution in [3.05, 3.63) is 34.7 Å². The van der Waals surface area contributed by atoms with Crippen molar-refractivity contribution in [1.82, 2.24) is 24.8 Å². The molecule has 0 bridgehead atoms. The van der Waals surface area contributed by atoms with E-state index in [0.29, 0.717) is 6.54 Å². The van der Waals surface area contributed by atoms with Gasteiger partial charge in [0.15, 0.2) is 5.65 Å². The van der Waals surface area contributed by atoms with Gasteiger partial charge in [-0.1, -0.05) is 18.3 Å². The molecule has 0 saturated heterocycles. The van der Waals surface area contributed by atoms with Crippen LogP contribution in [0, 0.1) is 6.92 Å². The van der Waals surface area contributed by atoms with Crippen molar-refractivity contribution >= 4 is 22.1 Å². The Hall–Kier alpha value is -2.02. The second kappa shape index (κ2) is 4.93. The normalized spacial score (nSPS) is 11.1. The first-order valence-electron chi connectivity index (χ1n) is 6.12. The fraction of sp³-hybridized carbons (Fsp3) is 0.333. The number of hydrogen-bond donors (Lipinski definition) is 1. The summed E-state index contributed by atoms with van der Waals surface area (Å²) in [6, 6.07) is 1.95. The van der Waals surface area contributed by atoms with Crippen LogP contribution in [0.25, 0.3) is 5.65 Å². The molecule has 3 heterocycles. The van der Waals surface area contributed by atoms with Crippen molar-refractivity contribution in [3.63, 3.8) is 0 Å². The minimum absolute atomic E-state index is 0.667. The highest BCUT2D eigenvalue weighted by atomic mass is 32.1. The molecule has 0 aliphatic carbocycles. The molecule has 7 heteroatoms. The Morgan fingerprint density at radius 2 is 2.26 bits per heavy atom. The summed E-state index contributed by atoms with van der Waals surface area (Å²) in [7, 11) is 0. The quantitative estimate of drug-likeness (QED) is 0.788. The fourth-order valence-corrected chi connectivity index (χ4v) is 2.45. The lowest BCUT2D eigenvalue weighted by Gasteiger charge is -2.02. The summed E-state index contributed by atoms with van der Waals surface area (Å²) < 4.78 is 1.80. The van der Waals surface area contributed by atoms with Crippen LogP contribution in [0.1, 0.15) is 23.2 Å².